The van der Waals surface area contributed by atoms with Crippen LogP contribution in [0.4, 0.5) is 0 Å². The summed E-state index contributed by atoms with van der Waals surface area (Å²) in [6.07, 6.45) is 9.57. The van der Waals surface area contributed by atoms with Crippen LogP contribution in [0.15, 0.2) is 22.1 Å². The third-order valence-electron chi connectivity index (χ3n) is 1.84. The van der Waals surface area contributed by atoms with E-state index in [-0.39, 0.29) is 56.4 Å². The zero-order valence-corrected chi connectivity index (χ0v) is 14.0. The van der Waals surface area contributed by atoms with Gasteiger partial charge in [0.15, 0.2) is 0 Å². The Hall–Kier alpha value is 1.49. The van der Waals surface area contributed by atoms with Crippen LogP contribution in [-0.4, -0.2) is 19.5 Å². The SMILES string of the molecule is C[CH](CP(C)C)[Ti+3][C]1=CC=CC1.[Cl-].[Cl-].[Cl-]. The summed E-state index contributed by atoms with van der Waals surface area (Å²) in [7, 11) is 0.324. The maximum atomic E-state index is 2.43. The van der Waals surface area contributed by atoms with Gasteiger partial charge in [-0.25, -0.2) is 0 Å². The van der Waals surface area contributed by atoms with Crippen molar-refractivity contribution >= 4 is 7.92 Å². The molecule has 0 spiro atoms. The molecule has 1 rings (SSSR count). The standard InChI is InChI=1S/C5H12P.C5H5.3ClH.Ti/c1-4-5-6(2)3;1-2-4-5-3-1;;;;/h4H,5H2,1-3H3;1-3H,4H2;3*1H;/q;;;;;+3/p-3. The van der Waals surface area contributed by atoms with Gasteiger partial charge in [0.25, 0.3) is 0 Å². The Morgan fingerprint density at radius 3 is 2.33 bits per heavy atom. The van der Waals surface area contributed by atoms with E-state index >= 15 is 0 Å². The molecule has 0 nitrogen and oxygen atoms in total. The molecule has 1 unspecified atom stereocenters. The predicted molar refractivity (Wildman–Crippen MR) is 54.9 cm³/mol. The molecule has 0 aromatic rings. The van der Waals surface area contributed by atoms with Gasteiger partial charge in [0.05, 0.1) is 0 Å². The molecule has 0 aromatic heterocycles. The van der Waals surface area contributed by atoms with E-state index in [1.54, 1.807) is 3.88 Å². The van der Waals surface area contributed by atoms with E-state index in [2.05, 4.69) is 38.5 Å². The van der Waals surface area contributed by atoms with Crippen molar-refractivity contribution in [1.82, 2.24) is 0 Å². The molecule has 0 heterocycles. The molecule has 0 aliphatic heterocycles. The summed E-state index contributed by atoms with van der Waals surface area (Å²) in [4.78, 5) is 0. The van der Waals surface area contributed by atoms with Crippen LogP contribution in [0.5, 0.6) is 0 Å². The molecule has 0 saturated carbocycles. The van der Waals surface area contributed by atoms with Crippen LogP contribution in [0.2, 0.25) is 4.22 Å². The number of hydrogen-bond donors (Lipinski definition) is 0. The summed E-state index contributed by atoms with van der Waals surface area (Å²) in [5.74, 6) is 0. The summed E-state index contributed by atoms with van der Waals surface area (Å²) in [5.41, 5.74) is 0. The Bertz CT molecular complexity index is 205. The number of halogens is 3. The average Bonchev–Trinajstić information content (AvgIpc) is 2.37. The number of rotatable bonds is 4. The van der Waals surface area contributed by atoms with Gasteiger partial charge >= 0.3 is 86.2 Å². The van der Waals surface area contributed by atoms with E-state index in [1.165, 1.54) is 12.6 Å². The first-order valence-corrected chi connectivity index (χ1v) is 8.56. The van der Waals surface area contributed by atoms with Gasteiger partial charge in [0, 0.05) is 0 Å². The quantitative estimate of drug-likeness (QED) is 0.358. The van der Waals surface area contributed by atoms with Crippen LogP contribution in [0.25, 0.3) is 0 Å². The van der Waals surface area contributed by atoms with Crippen LogP contribution in [0.3, 0.4) is 0 Å². The molecule has 5 heteroatoms. The van der Waals surface area contributed by atoms with Crippen molar-refractivity contribution in [2.45, 2.75) is 17.6 Å². The second-order valence-corrected chi connectivity index (χ2v) is 9.15. The fourth-order valence-corrected chi connectivity index (χ4v) is 6.45. The third kappa shape index (κ3) is 10.4. The molecule has 0 amide bonds. The smallest absolute Gasteiger partial charge is 1.00 e. The van der Waals surface area contributed by atoms with Crippen LogP contribution < -0.4 is 37.2 Å². The largest absolute Gasteiger partial charge is 1.00 e. The molecular weight excluding hydrogens is 305 g/mol. The molecular formula is C10H17Cl3PTi. The Morgan fingerprint density at radius 1 is 1.33 bits per heavy atom. The summed E-state index contributed by atoms with van der Waals surface area (Å²) in [6, 6.07) is 0. The fourth-order valence-electron chi connectivity index (χ4n) is 1.46. The van der Waals surface area contributed by atoms with Gasteiger partial charge in [-0.05, 0) is 0 Å². The van der Waals surface area contributed by atoms with E-state index in [4.69, 9.17) is 0 Å². The van der Waals surface area contributed by atoms with Crippen LogP contribution in [-0.2, 0) is 19.2 Å². The van der Waals surface area contributed by atoms with Gasteiger partial charge in [-0.3, -0.25) is 0 Å². The van der Waals surface area contributed by atoms with E-state index in [0.717, 1.165) is 4.22 Å². The molecule has 0 N–H and O–H groups in total. The van der Waals surface area contributed by atoms with Gasteiger partial charge in [-0.1, -0.05) is 0 Å². The summed E-state index contributed by atoms with van der Waals surface area (Å²) >= 11 is 0.207. The fraction of sp³-hybridized carbons (Fsp3) is 0.600. The van der Waals surface area contributed by atoms with Gasteiger partial charge in [0.1, 0.15) is 0 Å². The van der Waals surface area contributed by atoms with Crippen molar-refractivity contribution in [1.29, 1.82) is 0 Å². The van der Waals surface area contributed by atoms with Crippen molar-refractivity contribution in [3.63, 3.8) is 0 Å². The normalized spacial score (nSPS) is 14.3. The molecule has 0 fully saturated rings. The van der Waals surface area contributed by atoms with Crippen molar-refractivity contribution in [3.8, 4) is 0 Å². The monoisotopic (exact) mass is 321 g/mol. The van der Waals surface area contributed by atoms with Gasteiger partial charge in [-0.15, -0.1) is 0 Å². The molecule has 1 aliphatic carbocycles. The Kier molecular flexibility index (Phi) is 17.3. The molecule has 0 saturated heterocycles. The molecule has 1 atom stereocenters. The minimum absolute atomic E-state index is 0. The Morgan fingerprint density at radius 2 is 1.93 bits per heavy atom. The second kappa shape index (κ2) is 12.0. The zero-order valence-electron chi connectivity index (χ0n) is 9.30. The maximum absolute atomic E-state index is 2.43. The zero-order chi connectivity index (χ0) is 8.97. The second-order valence-electron chi connectivity index (χ2n) is 3.63. The Labute approximate surface area is 123 Å². The molecule has 87 valence electrons. The molecule has 0 bridgehead atoms. The first-order valence-electron chi connectivity index (χ1n) is 4.45. The molecule has 1 aliphatic rings. The van der Waals surface area contributed by atoms with Crippen molar-refractivity contribution in [2.75, 3.05) is 19.5 Å². The topological polar surface area (TPSA) is 0 Å². The molecule has 0 radical (unpaired) electrons. The Balaban J connectivity index is -0.000000480. The minimum atomic E-state index is 0. The summed E-state index contributed by atoms with van der Waals surface area (Å²) < 4.78 is 2.76. The first kappa shape index (κ1) is 21.7. The number of hydrogen-bond acceptors (Lipinski definition) is 0. The van der Waals surface area contributed by atoms with Crippen molar-refractivity contribution in [3.05, 3.63) is 22.1 Å². The molecule has 15 heavy (non-hydrogen) atoms. The maximum Gasteiger partial charge on any atom is -1.00 e. The van der Waals surface area contributed by atoms with E-state index < -0.39 is 0 Å². The summed E-state index contributed by atoms with van der Waals surface area (Å²) in [6.45, 7) is 7.21. The van der Waals surface area contributed by atoms with Gasteiger partial charge in [-0.2, -0.15) is 0 Å². The van der Waals surface area contributed by atoms with Crippen molar-refractivity contribution < 1.29 is 56.4 Å². The van der Waals surface area contributed by atoms with Gasteiger partial charge < -0.3 is 37.2 Å². The van der Waals surface area contributed by atoms with Gasteiger partial charge in [0.2, 0.25) is 0 Å². The van der Waals surface area contributed by atoms with E-state index in [9.17, 15) is 0 Å². The van der Waals surface area contributed by atoms with E-state index in [1.807, 2.05) is 0 Å². The van der Waals surface area contributed by atoms with Crippen molar-refractivity contribution in [2.24, 2.45) is 0 Å². The van der Waals surface area contributed by atoms with Crippen LogP contribution in [0, 0.1) is 0 Å². The molecule has 0 aromatic carbocycles. The van der Waals surface area contributed by atoms with Crippen LogP contribution >= 0.6 is 7.92 Å². The van der Waals surface area contributed by atoms with E-state index in [0.29, 0.717) is 7.92 Å². The minimum Gasteiger partial charge on any atom is -1.00 e. The third-order valence-corrected chi connectivity index (χ3v) is 5.90. The number of allylic oxidation sites excluding steroid dienone is 4. The van der Waals surface area contributed by atoms with Crippen LogP contribution in [0.1, 0.15) is 13.3 Å². The predicted octanol–water partition coefficient (Wildman–Crippen LogP) is -5.53. The average molecular weight is 322 g/mol. The summed E-state index contributed by atoms with van der Waals surface area (Å²) in [5, 5.41) is 0. The first-order chi connectivity index (χ1) is 5.68.